The number of nitrogens with one attached hydrogen (secondary N) is 1. The first-order chi connectivity index (χ1) is 8.66. The lowest BCUT2D eigenvalue weighted by Gasteiger charge is -2.06. The molecule has 2 rings (SSSR count). The second-order valence-corrected chi connectivity index (χ2v) is 5.02. The van der Waals surface area contributed by atoms with Crippen LogP contribution in [0.2, 0.25) is 10.2 Å². The van der Waals surface area contributed by atoms with Crippen molar-refractivity contribution in [2.45, 2.75) is 25.7 Å². The Morgan fingerprint density at radius 2 is 2.28 bits per heavy atom. The lowest BCUT2D eigenvalue weighted by atomic mass is 10.1. The van der Waals surface area contributed by atoms with E-state index in [-0.39, 0.29) is 11.1 Å². The van der Waals surface area contributed by atoms with Crippen LogP contribution >= 0.6 is 23.2 Å². The van der Waals surface area contributed by atoms with Gasteiger partial charge in [0.2, 0.25) is 0 Å². The first-order valence-corrected chi connectivity index (χ1v) is 6.69. The number of carbonyl (C=O) groups is 1. The molecule has 1 N–H and O–H groups in total. The number of halogens is 2. The van der Waals surface area contributed by atoms with Gasteiger partial charge in [-0.05, 0) is 31.7 Å². The van der Waals surface area contributed by atoms with Crippen molar-refractivity contribution >= 4 is 29.1 Å². The van der Waals surface area contributed by atoms with Gasteiger partial charge in [-0.25, -0.2) is 4.98 Å². The second-order valence-electron chi connectivity index (χ2n) is 4.26. The zero-order valence-corrected chi connectivity index (χ0v) is 11.4. The minimum absolute atomic E-state index is 0.167. The van der Waals surface area contributed by atoms with Crippen molar-refractivity contribution in [1.29, 1.82) is 0 Å². The van der Waals surface area contributed by atoms with Gasteiger partial charge in [-0.1, -0.05) is 34.9 Å². The first kappa shape index (κ1) is 13.4. The summed E-state index contributed by atoms with van der Waals surface area (Å²) in [4.78, 5) is 15.7. The maximum Gasteiger partial charge on any atom is 0.252 e. The fraction of sp³-hybridized carbons (Fsp3) is 0.385. The normalized spacial score (nSPS) is 14.4. The van der Waals surface area contributed by atoms with Crippen LogP contribution in [0.3, 0.4) is 0 Å². The molecule has 1 heterocycles. The lowest BCUT2D eigenvalue weighted by molar-refractivity contribution is 0.0953. The molecule has 0 saturated carbocycles. The molecule has 0 unspecified atom stereocenters. The molecule has 3 nitrogen and oxygen atoms in total. The highest BCUT2D eigenvalue weighted by molar-refractivity contribution is 6.41. The van der Waals surface area contributed by atoms with Gasteiger partial charge in [0.1, 0.15) is 5.15 Å². The number of hydrogen-bond acceptors (Lipinski definition) is 2. The van der Waals surface area contributed by atoms with E-state index in [1.54, 1.807) is 0 Å². The molecule has 0 fully saturated rings. The number of allylic oxidation sites excluding steroid dienone is 1. The van der Waals surface area contributed by atoms with Gasteiger partial charge in [-0.2, -0.15) is 0 Å². The fourth-order valence-corrected chi connectivity index (χ4v) is 2.22. The summed E-state index contributed by atoms with van der Waals surface area (Å²) in [5.74, 6) is -0.167. The third-order valence-corrected chi connectivity index (χ3v) is 3.61. The van der Waals surface area contributed by atoms with Crippen LogP contribution in [0.4, 0.5) is 0 Å². The summed E-state index contributed by atoms with van der Waals surface area (Å²) in [6, 6.07) is 1.53. The summed E-state index contributed by atoms with van der Waals surface area (Å²) in [6.07, 6.45) is 8.16. The molecule has 0 saturated heterocycles. The number of hydrogen-bond donors (Lipinski definition) is 1. The Hall–Kier alpha value is -1.06. The van der Waals surface area contributed by atoms with Gasteiger partial charge < -0.3 is 5.32 Å². The summed E-state index contributed by atoms with van der Waals surface area (Å²) in [7, 11) is 0. The van der Waals surface area contributed by atoms with E-state index in [0.717, 1.165) is 12.8 Å². The molecule has 18 heavy (non-hydrogen) atoms. The van der Waals surface area contributed by atoms with E-state index in [1.807, 2.05) is 0 Å². The van der Waals surface area contributed by atoms with Crippen LogP contribution in [0.1, 0.15) is 36.0 Å². The van der Waals surface area contributed by atoms with Crippen molar-refractivity contribution < 1.29 is 4.79 Å². The maximum atomic E-state index is 11.8. The van der Waals surface area contributed by atoms with E-state index in [0.29, 0.717) is 17.1 Å². The number of amides is 1. The van der Waals surface area contributed by atoms with Crippen molar-refractivity contribution in [2.24, 2.45) is 0 Å². The third kappa shape index (κ3) is 3.47. The molecule has 1 amide bonds. The number of pyridine rings is 1. The molecular weight excluding hydrogens is 271 g/mol. The molecule has 0 radical (unpaired) electrons. The zero-order chi connectivity index (χ0) is 13.0. The molecule has 0 atom stereocenters. The molecule has 1 aliphatic rings. The average molecular weight is 285 g/mol. The number of aromatic nitrogens is 1. The van der Waals surface area contributed by atoms with Crippen LogP contribution < -0.4 is 5.32 Å². The highest BCUT2D eigenvalue weighted by Crippen LogP contribution is 2.21. The number of carbonyl (C=O) groups excluding carboxylic acids is 1. The Kier molecular flexibility index (Phi) is 4.61. The Balaban J connectivity index is 1.85. The quantitative estimate of drug-likeness (QED) is 0.678. The van der Waals surface area contributed by atoms with E-state index in [4.69, 9.17) is 23.2 Å². The zero-order valence-electron chi connectivity index (χ0n) is 9.88. The lowest BCUT2D eigenvalue weighted by Crippen LogP contribution is -2.24. The molecule has 0 bridgehead atoms. The van der Waals surface area contributed by atoms with E-state index < -0.39 is 0 Å². The molecule has 1 aliphatic carbocycles. The van der Waals surface area contributed by atoms with Gasteiger partial charge in [-0.15, -0.1) is 0 Å². The second kappa shape index (κ2) is 6.21. The Morgan fingerprint density at radius 3 is 2.94 bits per heavy atom. The summed E-state index contributed by atoms with van der Waals surface area (Å²) in [6.45, 7) is 0.644. The van der Waals surface area contributed by atoms with Crippen LogP contribution in [0.25, 0.3) is 0 Å². The van der Waals surface area contributed by atoms with E-state index in [9.17, 15) is 4.79 Å². The first-order valence-electron chi connectivity index (χ1n) is 5.94. The molecule has 96 valence electrons. The average Bonchev–Trinajstić information content (AvgIpc) is 2.85. The number of nitrogens with zero attached hydrogens (tertiary/aromatic N) is 1. The van der Waals surface area contributed by atoms with Gasteiger partial charge in [0.15, 0.2) is 0 Å². The number of rotatable bonds is 4. The molecule has 1 aromatic heterocycles. The largest absolute Gasteiger partial charge is 0.352 e. The Morgan fingerprint density at radius 1 is 1.44 bits per heavy atom. The summed E-state index contributed by atoms with van der Waals surface area (Å²) >= 11 is 11.5. The van der Waals surface area contributed by atoms with Gasteiger partial charge in [0.05, 0.1) is 10.6 Å². The fourth-order valence-electron chi connectivity index (χ4n) is 1.95. The standard InChI is InChI=1S/C13H14Cl2N2O/c14-11-7-10(8-17-12(11)15)13(18)16-6-5-9-3-1-2-4-9/h3,7-8H,1-2,4-6H2,(H,16,18). The summed E-state index contributed by atoms with van der Waals surface area (Å²) in [5.41, 5.74) is 1.87. The van der Waals surface area contributed by atoms with E-state index in [1.165, 1.54) is 30.7 Å². The smallest absolute Gasteiger partial charge is 0.252 e. The third-order valence-electron chi connectivity index (χ3n) is 2.93. The van der Waals surface area contributed by atoms with Crippen molar-refractivity contribution in [3.63, 3.8) is 0 Å². The molecule has 5 heteroatoms. The highest BCUT2D eigenvalue weighted by atomic mass is 35.5. The molecule has 1 aromatic rings. The predicted octanol–water partition coefficient (Wildman–Crippen LogP) is 3.62. The van der Waals surface area contributed by atoms with Crippen LogP contribution in [-0.4, -0.2) is 17.4 Å². The van der Waals surface area contributed by atoms with Crippen molar-refractivity contribution in [2.75, 3.05) is 6.54 Å². The summed E-state index contributed by atoms with van der Waals surface area (Å²) < 4.78 is 0. The molecule has 0 aromatic carbocycles. The minimum atomic E-state index is -0.167. The van der Waals surface area contributed by atoms with Crippen molar-refractivity contribution in [3.8, 4) is 0 Å². The van der Waals surface area contributed by atoms with Crippen molar-refractivity contribution in [3.05, 3.63) is 39.7 Å². The summed E-state index contributed by atoms with van der Waals surface area (Å²) in [5, 5.41) is 3.36. The van der Waals surface area contributed by atoms with Crippen LogP contribution in [0, 0.1) is 0 Å². The minimum Gasteiger partial charge on any atom is -0.352 e. The maximum absolute atomic E-state index is 11.8. The van der Waals surface area contributed by atoms with Gasteiger partial charge in [0.25, 0.3) is 5.91 Å². The highest BCUT2D eigenvalue weighted by Gasteiger charge is 2.09. The van der Waals surface area contributed by atoms with E-state index in [2.05, 4.69) is 16.4 Å². The van der Waals surface area contributed by atoms with E-state index >= 15 is 0 Å². The molecule has 0 spiro atoms. The van der Waals surface area contributed by atoms with Crippen molar-refractivity contribution in [1.82, 2.24) is 10.3 Å². The molecule has 0 aliphatic heterocycles. The van der Waals surface area contributed by atoms with Crippen LogP contribution in [0.5, 0.6) is 0 Å². The van der Waals surface area contributed by atoms with Crippen LogP contribution in [-0.2, 0) is 0 Å². The SMILES string of the molecule is O=C(NCCC1=CCCC1)c1cnc(Cl)c(Cl)c1. The topological polar surface area (TPSA) is 42.0 Å². The monoisotopic (exact) mass is 284 g/mol. The van der Waals surface area contributed by atoms with Gasteiger partial charge >= 0.3 is 0 Å². The van der Waals surface area contributed by atoms with Gasteiger partial charge in [0, 0.05) is 12.7 Å². The molecular formula is C13H14Cl2N2O. The predicted molar refractivity (Wildman–Crippen MR) is 73.1 cm³/mol. The van der Waals surface area contributed by atoms with Gasteiger partial charge in [-0.3, -0.25) is 4.79 Å². The Bertz CT molecular complexity index is 486. The Labute approximate surface area is 116 Å². The van der Waals surface area contributed by atoms with Crippen LogP contribution in [0.15, 0.2) is 23.9 Å².